The van der Waals surface area contributed by atoms with Crippen molar-refractivity contribution in [2.45, 2.75) is 19.4 Å². The summed E-state index contributed by atoms with van der Waals surface area (Å²) in [5.41, 5.74) is 0.345. The van der Waals surface area contributed by atoms with Crippen LogP contribution in [0.3, 0.4) is 0 Å². The lowest BCUT2D eigenvalue weighted by Gasteiger charge is -2.33. The largest absolute Gasteiger partial charge is 0.481 e. The first kappa shape index (κ1) is 9.77. The zero-order valence-electron chi connectivity index (χ0n) is 8.03. The highest BCUT2D eigenvalue weighted by Crippen LogP contribution is 2.37. The van der Waals surface area contributed by atoms with Crippen molar-refractivity contribution in [3.63, 3.8) is 0 Å². The highest BCUT2D eigenvalue weighted by atomic mass is 79.9. The molecule has 1 N–H and O–H groups in total. The van der Waals surface area contributed by atoms with Gasteiger partial charge in [0.15, 0.2) is 11.6 Å². The van der Waals surface area contributed by atoms with Gasteiger partial charge in [0, 0.05) is 4.47 Å². The standard InChI is InChI=1S/C10H11BrFNO/c1-10(2)5-13-8-4-6(11)3-7(12)9(8)14-10/h3-4,13H,5H2,1-2H3. The average molecular weight is 260 g/mol. The number of hydrogen-bond acceptors (Lipinski definition) is 2. The molecule has 0 aliphatic carbocycles. The molecule has 2 rings (SSSR count). The second-order valence-electron chi connectivity index (χ2n) is 3.98. The minimum absolute atomic E-state index is 0.310. The van der Waals surface area contributed by atoms with Gasteiger partial charge >= 0.3 is 0 Å². The fourth-order valence-electron chi connectivity index (χ4n) is 1.42. The maximum Gasteiger partial charge on any atom is 0.178 e. The lowest BCUT2D eigenvalue weighted by atomic mass is 10.1. The number of fused-ring (bicyclic) bond motifs is 1. The predicted octanol–water partition coefficient (Wildman–Crippen LogP) is 3.17. The van der Waals surface area contributed by atoms with Gasteiger partial charge in [0.25, 0.3) is 0 Å². The summed E-state index contributed by atoms with van der Waals surface area (Å²) in [7, 11) is 0. The molecule has 4 heteroatoms. The summed E-state index contributed by atoms with van der Waals surface area (Å²) in [6.45, 7) is 4.52. The summed E-state index contributed by atoms with van der Waals surface area (Å²) in [5, 5.41) is 3.14. The van der Waals surface area contributed by atoms with E-state index in [9.17, 15) is 4.39 Å². The lowest BCUT2D eigenvalue weighted by molar-refractivity contribution is 0.110. The zero-order chi connectivity index (χ0) is 10.3. The topological polar surface area (TPSA) is 21.3 Å². The van der Waals surface area contributed by atoms with E-state index in [0.29, 0.717) is 22.5 Å². The van der Waals surface area contributed by atoms with Crippen LogP contribution in [0.25, 0.3) is 0 Å². The molecule has 0 radical (unpaired) electrons. The van der Waals surface area contributed by atoms with Gasteiger partial charge in [-0.05, 0) is 26.0 Å². The summed E-state index contributed by atoms with van der Waals surface area (Å²) < 4.78 is 19.7. The van der Waals surface area contributed by atoms with Gasteiger partial charge in [-0.25, -0.2) is 4.39 Å². The summed E-state index contributed by atoms with van der Waals surface area (Å²) >= 11 is 3.23. The van der Waals surface area contributed by atoms with E-state index in [4.69, 9.17) is 4.74 Å². The van der Waals surface area contributed by atoms with Crippen LogP contribution in [0.4, 0.5) is 10.1 Å². The van der Waals surface area contributed by atoms with Gasteiger partial charge < -0.3 is 10.1 Å². The van der Waals surface area contributed by atoms with Gasteiger partial charge in [-0.15, -0.1) is 0 Å². The Morgan fingerprint density at radius 3 is 2.93 bits per heavy atom. The Morgan fingerprint density at radius 2 is 2.21 bits per heavy atom. The molecular weight excluding hydrogens is 249 g/mol. The van der Waals surface area contributed by atoms with E-state index in [1.54, 1.807) is 0 Å². The van der Waals surface area contributed by atoms with Crippen LogP contribution in [0.15, 0.2) is 16.6 Å². The second-order valence-corrected chi connectivity index (χ2v) is 4.90. The Kier molecular flexibility index (Phi) is 2.18. The molecule has 1 aromatic rings. The normalized spacial score (nSPS) is 18.0. The van der Waals surface area contributed by atoms with Crippen LogP contribution in [-0.2, 0) is 0 Å². The first-order chi connectivity index (χ1) is 6.48. The van der Waals surface area contributed by atoms with Crippen molar-refractivity contribution in [3.8, 4) is 5.75 Å². The summed E-state index contributed by atoms with van der Waals surface area (Å²) in [4.78, 5) is 0. The van der Waals surface area contributed by atoms with E-state index in [1.807, 2.05) is 19.9 Å². The minimum Gasteiger partial charge on any atom is -0.481 e. The molecule has 0 aromatic heterocycles. The van der Waals surface area contributed by atoms with Crippen molar-refractivity contribution >= 4 is 21.6 Å². The molecule has 1 aliphatic rings. The van der Waals surface area contributed by atoms with Crippen molar-refractivity contribution in [2.75, 3.05) is 11.9 Å². The van der Waals surface area contributed by atoms with Crippen molar-refractivity contribution in [3.05, 3.63) is 22.4 Å². The van der Waals surface area contributed by atoms with Crippen LogP contribution in [-0.4, -0.2) is 12.1 Å². The van der Waals surface area contributed by atoms with Crippen LogP contribution in [0, 0.1) is 5.82 Å². The first-order valence-corrected chi connectivity index (χ1v) is 5.19. The number of hydrogen-bond donors (Lipinski definition) is 1. The third-order valence-electron chi connectivity index (χ3n) is 2.09. The van der Waals surface area contributed by atoms with E-state index >= 15 is 0 Å². The van der Waals surface area contributed by atoms with Gasteiger partial charge in [-0.3, -0.25) is 0 Å². The first-order valence-electron chi connectivity index (χ1n) is 4.40. The number of ether oxygens (including phenoxy) is 1. The lowest BCUT2D eigenvalue weighted by Crippen LogP contribution is -2.40. The number of nitrogens with one attached hydrogen (secondary N) is 1. The van der Waals surface area contributed by atoms with E-state index in [-0.39, 0.29) is 11.4 Å². The monoisotopic (exact) mass is 259 g/mol. The Morgan fingerprint density at radius 1 is 1.50 bits per heavy atom. The Hall–Kier alpha value is -0.770. The van der Waals surface area contributed by atoms with Crippen LogP contribution < -0.4 is 10.1 Å². The molecule has 0 saturated carbocycles. The Bertz CT molecular complexity index is 379. The molecule has 1 aromatic carbocycles. The number of anilines is 1. The summed E-state index contributed by atoms with van der Waals surface area (Å²) in [5.74, 6) is -0.0286. The maximum atomic E-state index is 13.5. The van der Waals surface area contributed by atoms with Gasteiger partial charge in [0.2, 0.25) is 0 Å². The van der Waals surface area contributed by atoms with E-state index < -0.39 is 0 Å². The molecule has 0 atom stereocenters. The molecule has 1 aliphatic heterocycles. The fraction of sp³-hybridized carbons (Fsp3) is 0.400. The number of halogens is 2. The molecule has 0 fully saturated rings. The van der Waals surface area contributed by atoms with Crippen molar-refractivity contribution in [1.82, 2.24) is 0 Å². The van der Waals surface area contributed by atoms with Crippen LogP contribution in [0.2, 0.25) is 0 Å². The van der Waals surface area contributed by atoms with Crippen molar-refractivity contribution in [2.24, 2.45) is 0 Å². The fourth-order valence-corrected chi connectivity index (χ4v) is 1.85. The molecule has 0 saturated heterocycles. The third kappa shape index (κ3) is 1.71. The third-order valence-corrected chi connectivity index (χ3v) is 2.55. The van der Waals surface area contributed by atoms with E-state index in [0.717, 1.165) is 0 Å². The minimum atomic E-state index is -0.359. The van der Waals surface area contributed by atoms with Gasteiger partial charge in [-0.1, -0.05) is 15.9 Å². The molecule has 1 heterocycles. The van der Waals surface area contributed by atoms with Crippen LogP contribution in [0.1, 0.15) is 13.8 Å². The predicted molar refractivity (Wildman–Crippen MR) is 57.3 cm³/mol. The van der Waals surface area contributed by atoms with Crippen LogP contribution in [0.5, 0.6) is 5.75 Å². The van der Waals surface area contributed by atoms with Gasteiger partial charge in [0.05, 0.1) is 12.2 Å². The number of benzene rings is 1. The van der Waals surface area contributed by atoms with Gasteiger partial charge in [0.1, 0.15) is 5.60 Å². The van der Waals surface area contributed by atoms with Crippen LogP contribution >= 0.6 is 15.9 Å². The molecule has 0 spiro atoms. The highest BCUT2D eigenvalue weighted by Gasteiger charge is 2.28. The zero-order valence-corrected chi connectivity index (χ0v) is 9.61. The maximum absolute atomic E-state index is 13.5. The molecule has 76 valence electrons. The average Bonchev–Trinajstić information content (AvgIpc) is 2.06. The highest BCUT2D eigenvalue weighted by molar-refractivity contribution is 9.10. The Labute approximate surface area is 90.6 Å². The molecule has 14 heavy (non-hydrogen) atoms. The van der Waals surface area contributed by atoms with E-state index in [2.05, 4.69) is 21.2 Å². The van der Waals surface area contributed by atoms with Gasteiger partial charge in [-0.2, -0.15) is 0 Å². The molecule has 2 nitrogen and oxygen atoms in total. The second kappa shape index (κ2) is 3.12. The molecule has 0 bridgehead atoms. The quantitative estimate of drug-likeness (QED) is 0.773. The molecule has 0 amide bonds. The van der Waals surface area contributed by atoms with Crippen molar-refractivity contribution < 1.29 is 9.13 Å². The number of rotatable bonds is 0. The van der Waals surface area contributed by atoms with E-state index in [1.165, 1.54) is 6.07 Å². The molecule has 0 unspecified atom stereocenters. The summed E-state index contributed by atoms with van der Waals surface area (Å²) in [6.07, 6.45) is 0. The van der Waals surface area contributed by atoms with Crippen molar-refractivity contribution in [1.29, 1.82) is 0 Å². The Balaban J connectivity index is 2.47. The molecular formula is C10H11BrFNO. The smallest absolute Gasteiger partial charge is 0.178 e. The SMILES string of the molecule is CC1(C)CNc2cc(Br)cc(F)c2O1. The summed E-state index contributed by atoms with van der Waals surface area (Å²) in [6, 6.07) is 3.22.